The maximum absolute atomic E-state index is 13.2. The average Bonchev–Trinajstić information content (AvgIpc) is 2.90. The van der Waals surface area contributed by atoms with Crippen LogP contribution in [-0.2, 0) is 0 Å². The van der Waals surface area contributed by atoms with Crippen LogP contribution >= 0.6 is 0 Å². The molecule has 0 aliphatic carbocycles. The number of nitrogen functional groups attached to an aromatic ring is 1. The van der Waals surface area contributed by atoms with Gasteiger partial charge in [-0.25, -0.2) is 4.39 Å². The molecule has 4 rings (SSSR count). The largest absolute Gasteiger partial charge is 0.384 e. The molecule has 0 atom stereocenters. The molecule has 2 heterocycles. The molecule has 26 heavy (non-hydrogen) atoms. The highest BCUT2D eigenvalue weighted by atomic mass is 19.1. The van der Waals surface area contributed by atoms with Gasteiger partial charge in [-0.2, -0.15) is 0 Å². The summed E-state index contributed by atoms with van der Waals surface area (Å²) < 4.78 is 14.4. The van der Waals surface area contributed by atoms with Crippen molar-refractivity contribution in [2.24, 2.45) is 0 Å². The minimum Gasteiger partial charge on any atom is -0.384 e. The quantitative estimate of drug-likeness (QED) is 0.693. The Morgan fingerprint density at radius 3 is 2.31 bits per heavy atom. The van der Waals surface area contributed by atoms with Crippen LogP contribution in [0, 0.1) is 5.82 Å². The molecule has 0 fully saturated rings. The number of anilines is 1. The van der Waals surface area contributed by atoms with E-state index >= 15 is 0 Å². The Balaban J connectivity index is 2.00. The predicted molar refractivity (Wildman–Crippen MR) is 93.6 cm³/mol. The fourth-order valence-electron chi connectivity index (χ4n) is 3.07. The standard InChI is InChI=1S/C19H12FN3O3/c20-11-7-5-10(6-8-11)12-3-1-2-4-14(12)23-15(24)9-13-16(17(23)21)19(26)22-18(13)25/h1-9H,21H2,(H,22,25,26). The summed E-state index contributed by atoms with van der Waals surface area (Å²) in [6.07, 6.45) is 0. The second kappa shape index (κ2) is 5.66. The maximum Gasteiger partial charge on any atom is 0.262 e. The smallest absolute Gasteiger partial charge is 0.262 e. The van der Waals surface area contributed by atoms with E-state index in [1.807, 2.05) is 0 Å². The third-order valence-corrected chi connectivity index (χ3v) is 4.25. The molecule has 0 saturated carbocycles. The van der Waals surface area contributed by atoms with Crippen LogP contribution in [0.4, 0.5) is 10.2 Å². The van der Waals surface area contributed by atoms with Crippen molar-refractivity contribution >= 4 is 17.6 Å². The van der Waals surface area contributed by atoms with Crippen LogP contribution in [0.25, 0.3) is 16.8 Å². The van der Waals surface area contributed by atoms with E-state index in [0.29, 0.717) is 16.8 Å². The van der Waals surface area contributed by atoms with Crippen LogP contribution in [0.1, 0.15) is 20.7 Å². The Morgan fingerprint density at radius 2 is 1.58 bits per heavy atom. The molecule has 2 aromatic carbocycles. The van der Waals surface area contributed by atoms with E-state index in [2.05, 4.69) is 5.32 Å². The molecule has 6 nitrogen and oxygen atoms in total. The minimum atomic E-state index is -0.646. The predicted octanol–water partition coefficient (Wildman–Crippen LogP) is 2.11. The molecule has 1 aromatic heterocycles. The first-order chi connectivity index (χ1) is 12.5. The number of nitrogens with one attached hydrogen (secondary N) is 1. The number of carbonyl (C=O) groups excluding carboxylic acids is 2. The minimum absolute atomic E-state index is 0.0245. The summed E-state index contributed by atoms with van der Waals surface area (Å²) in [5.74, 6) is -1.79. The molecule has 3 aromatic rings. The van der Waals surface area contributed by atoms with Gasteiger partial charge in [0.2, 0.25) is 0 Å². The molecule has 0 saturated heterocycles. The molecule has 128 valence electrons. The van der Waals surface area contributed by atoms with Gasteiger partial charge in [0.05, 0.1) is 16.8 Å². The van der Waals surface area contributed by atoms with E-state index in [1.54, 1.807) is 36.4 Å². The van der Waals surface area contributed by atoms with Crippen molar-refractivity contribution in [1.82, 2.24) is 9.88 Å². The molecule has 0 bridgehead atoms. The zero-order valence-electron chi connectivity index (χ0n) is 13.3. The number of fused-ring (bicyclic) bond motifs is 1. The number of hydrogen-bond acceptors (Lipinski definition) is 4. The van der Waals surface area contributed by atoms with Gasteiger partial charge >= 0.3 is 0 Å². The van der Waals surface area contributed by atoms with Gasteiger partial charge in [-0.05, 0) is 23.8 Å². The van der Waals surface area contributed by atoms with Gasteiger partial charge in [0.25, 0.3) is 17.4 Å². The van der Waals surface area contributed by atoms with Crippen molar-refractivity contribution in [2.75, 3.05) is 5.73 Å². The number of nitrogens with two attached hydrogens (primary N) is 1. The van der Waals surface area contributed by atoms with Crippen molar-refractivity contribution in [3.8, 4) is 16.8 Å². The first-order valence-electron chi connectivity index (χ1n) is 7.74. The zero-order valence-corrected chi connectivity index (χ0v) is 13.3. The number of aromatic nitrogens is 1. The number of amides is 2. The monoisotopic (exact) mass is 349 g/mol. The summed E-state index contributed by atoms with van der Waals surface area (Å²) in [6.45, 7) is 0. The second-order valence-electron chi connectivity index (χ2n) is 5.80. The molecular weight excluding hydrogens is 337 g/mol. The Kier molecular flexibility index (Phi) is 3.43. The summed E-state index contributed by atoms with van der Waals surface area (Å²) >= 11 is 0. The number of rotatable bonds is 2. The Morgan fingerprint density at radius 1 is 0.885 bits per heavy atom. The molecule has 0 unspecified atom stereocenters. The number of nitrogens with zero attached hydrogens (tertiary/aromatic N) is 1. The summed E-state index contributed by atoms with van der Waals surface area (Å²) in [4.78, 5) is 36.4. The van der Waals surface area contributed by atoms with Crippen LogP contribution in [0.3, 0.4) is 0 Å². The van der Waals surface area contributed by atoms with Crippen LogP contribution in [-0.4, -0.2) is 16.4 Å². The fraction of sp³-hybridized carbons (Fsp3) is 0. The van der Waals surface area contributed by atoms with Gasteiger partial charge in [0.15, 0.2) is 0 Å². The van der Waals surface area contributed by atoms with Gasteiger partial charge in [0.1, 0.15) is 11.6 Å². The highest BCUT2D eigenvalue weighted by Gasteiger charge is 2.32. The van der Waals surface area contributed by atoms with E-state index in [1.165, 1.54) is 16.7 Å². The lowest BCUT2D eigenvalue weighted by Gasteiger charge is -2.16. The zero-order chi connectivity index (χ0) is 18.4. The van der Waals surface area contributed by atoms with E-state index in [-0.39, 0.29) is 22.8 Å². The first-order valence-corrected chi connectivity index (χ1v) is 7.74. The highest BCUT2D eigenvalue weighted by Crippen LogP contribution is 2.29. The number of hydrogen-bond donors (Lipinski definition) is 2. The van der Waals surface area contributed by atoms with Crippen molar-refractivity contribution < 1.29 is 14.0 Å². The summed E-state index contributed by atoms with van der Waals surface area (Å²) in [7, 11) is 0. The molecule has 3 N–H and O–H groups in total. The molecule has 2 amide bonds. The van der Waals surface area contributed by atoms with Gasteiger partial charge in [-0.1, -0.05) is 30.3 Å². The molecule has 0 radical (unpaired) electrons. The SMILES string of the molecule is Nc1c2c(cc(=O)n1-c1ccccc1-c1ccc(F)cc1)C(=O)NC2=O. The third-order valence-electron chi connectivity index (χ3n) is 4.25. The van der Waals surface area contributed by atoms with Gasteiger partial charge in [-0.3, -0.25) is 24.3 Å². The van der Waals surface area contributed by atoms with Gasteiger partial charge < -0.3 is 5.73 Å². The van der Waals surface area contributed by atoms with Crippen molar-refractivity contribution in [2.45, 2.75) is 0 Å². The summed E-state index contributed by atoms with van der Waals surface area (Å²) in [5, 5.41) is 2.13. The molecular formula is C19H12FN3O3. The lowest BCUT2D eigenvalue weighted by atomic mass is 10.0. The van der Waals surface area contributed by atoms with E-state index in [9.17, 15) is 18.8 Å². The van der Waals surface area contributed by atoms with E-state index in [0.717, 1.165) is 6.07 Å². The molecule has 1 aliphatic heterocycles. The third kappa shape index (κ3) is 2.29. The number of imide groups is 1. The maximum atomic E-state index is 13.2. The number of benzene rings is 2. The van der Waals surface area contributed by atoms with Gasteiger partial charge in [-0.15, -0.1) is 0 Å². The first kappa shape index (κ1) is 15.8. The number of pyridine rings is 1. The Hall–Kier alpha value is -3.74. The van der Waals surface area contributed by atoms with Crippen molar-refractivity contribution in [1.29, 1.82) is 0 Å². The van der Waals surface area contributed by atoms with E-state index in [4.69, 9.17) is 5.73 Å². The van der Waals surface area contributed by atoms with Gasteiger partial charge in [0, 0.05) is 11.6 Å². The second-order valence-corrected chi connectivity index (χ2v) is 5.80. The highest BCUT2D eigenvalue weighted by molar-refractivity contribution is 6.23. The molecule has 1 aliphatic rings. The lowest BCUT2D eigenvalue weighted by Crippen LogP contribution is -2.24. The summed E-state index contributed by atoms with van der Waals surface area (Å²) in [6, 6.07) is 13.8. The normalized spacial score (nSPS) is 12.8. The van der Waals surface area contributed by atoms with Crippen molar-refractivity contribution in [3.63, 3.8) is 0 Å². The Bertz CT molecular complexity index is 1130. The van der Waals surface area contributed by atoms with Crippen LogP contribution < -0.4 is 16.6 Å². The van der Waals surface area contributed by atoms with Crippen LogP contribution in [0.2, 0.25) is 0 Å². The Labute approximate surface area is 146 Å². The van der Waals surface area contributed by atoms with Crippen LogP contribution in [0.15, 0.2) is 59.4 Å². The van der Waals surface area contributed by atoms with Crippen LogP contribution in [0.5, 0.6) is 0 Å². The number of carbonyl (C=O) groups is 2. The molecule has 0 spiro atoms. The average molecular weight is 349 g/mol. The summed E-state index contributed by atoms with van der Waals surface area (Å²) in [5.41, 5.74) is 7.21. The lowest BCUT2D eigenvalue weighted by molar-refractivity contribution is 0.0880. The topological polar surface area (TPSA) is 94.2 Å². The number of halogens is 1. The van der Waals surface area contributed by atoms with E-state index < -0.39 is 17.4 Å². The number of para-hydroxylation sites is 1. The molecule has 7 heteroatoms. The van der Waals surface area contributed by atoms with Crippen molar-refractivity contribution in [3.05, 3.63) is 81.9 Å². The fourth-order valence-corrected chi connectivity index (χ4v) is 3.07.